The van der Waals surface area contributed by atoms with Crippen molar-refractivity contribution in [2.45, 2.75) is 0 Å². The van der Waals surface area contributed by atoms with Crippen molar-refractivity contribution in [3.05, 3.63) is 70.2 Å². The number of morpholine rings is 1. The lowest BCUT2D eigenvalue weighted by Gasteiger charge is -2.28. The first-order valence-electron chi connectivity index (χ1n) is 7.63. The summed E-state index contributed by atoms with van der Waals surface area (Å²) in [4.78, 5) is 14.4. The van der Waals surface area contributed by atoms with Crippen molar-refractivity contribution in [3.63, 3.8) is 0 Å². The second-order valence-electron chi connectivity index (χ2n) is 5.40. The summed E-state index contributed by atoms with van der Waals surface area (Å²) in [6.07, 6.45) is 3.47. The van der Waals surface area contributed by atoms with E-state index in [1.54, 1.807) is 6.08 Å². The van der Waals surface area contributed by atoms with Crippen molar-refractivity contribution in [2.75, 3.05) is 31.2 Å². The van der Waals surface area contributed by atoms with Crippen molar-refractivity contribution in [1.82, 2.24) is 0 Å². The summed E-state index contributed by atoms with van der Waals surface area (Å²) in [5.74, 6) is 0.00903. The van der Waals surface area contributed by atoms with Crippen molar-refractivity contribution in [3.8, 4) is 0 Å². The Balaban J connectivity index is 1.65. The molecule has 0 aromatic heterocycles. The molecule has 0 atom stereocenters. The van der Waals surface area contributed by atoms with Gasteiger partial charge in [-0.05, 0) is 48.0 Å². The van der Waals surface area contributed by atoms with Crippen LogP contribution < -0.4 is 4.90 Å². The number of hydrogen-bond acceptors (Lipinski definition) is 3. The van der Waals surface area contributed by atoms with E-state index in [0.29, 0.717) is 5.56 Å². The number of anilines is 1. The van der Waals surface area contributed by atoms with E-state index >= 15 is 0 Å². The lowest BCUT2D eigenvalue weighted by atomic mass is 10.1. The molecule has 0 spiro atoms. The van der Waals surface area contributed by atoms with Gasteiger partial charge in [0, 0.05) is 28.8 Å². The lowest BCUT2D eigenvalue weighted by molar-refractivity contribution is 0.104. The number of halogens is 1. The van der Waals surface area contributed by atoms with Crippen molar-refractivity contribution in [1.29, 1.82) is 0 Å². The quantitative estimate of drug-likeness (QED) is 0.596. The van der Waals surface area contributed by atoms with Gasteiger partial charge in [-0.25, -0.2) is 0 Å². The largest absolute Gasteiger partial charge is 0.378 e. The van der Waals surface area contributed by atoms with Gasteiger partial charge in [0.05, 0.1) is 13.2 Å². The van der Waals surface area contributed by atoms with E-state index in [4.69, 9.17) is 4.74 Å². The molecule has 0 bridgehead atoms. The second kappa shape index (κ2) is 7.57. The number of ether oxygens (including phenoxy) is 1. The molecule has 23 heavy (non-hydrogen) atoms. The van der Waals surface area contributed by atoms with Crippen LogP contribution in [0.5, 0.6) is 0 Å². The van der Waals surface area contributed by atoms with Gasteiger partial charge in [-0.1, -0.05) is 34.1 Å². The van der Waals surface area contributed by atoms with Crippen LogP contribution in [-0.2, 0) is 4.74 Å². The summed E-state index contributed by atoms with van der Waals surface area (Å²) < 4.78 is 6.34. The number of rotatable bonds is 4. The van der Waals surface area contributed by atoms with Gasteiger partial charge in [-0.2, -0.15) is 0 Å². The van der Waals surface area contributed by atoms with Crippen LogP contribution in [0.25, 0.3) is 6.08 Å². The predicted molar refractivity (Wildman–Crippen MR) is 97.0 cm³/mol. The van der Waals surface area contributed by atoms with Crippen LogP contribution in [0.15, 0.2) is 59.1 Å². The Bertz CT molecular complexity index is 686. The maximum atomic E-state index is 12.1. The first-order chi connectivity index (χ1) is 11.2. The number of benzene rings is 2. The van der Waals surface area contributed by atoms with Crippen LogP contribution in [-0.4, -0.2) is 32.1 Å². The lowest BCUT2D eigenvalue weighted by Crippen LogP contribution is -2.36. The molecule has 0 saturated carbocycles. The van der Waals surface area contributed by atoms with Crippen LogP contribution in [0.1, 0.15) is 15.9 Å². The zero-order valence-electron chi connectivity index (χ0n) is 12.7. The predicted octanol–water partition coefficient (Wildman–Crippen LogP) is 4.18. The Labute approximate surface area is 144 Å². The Morgan fingerprint density at radius 2 is 1.65 bits per heavy atom. The van der Waals surface area contributed by atoms with E-state index in [9.17, 15) is 4.79 Å². The van der Waals surface area contributed by atoms with E-state index in [1.807, 2.05) is 42.5 Å². The normalized spacial score (nSPS) is 15.1. The molecule has 0 aliphatic carbocycles. The average molecular weight is 372 g/mol. The number of hydrogen-bond donors (Lipinski definition) is 0. The van der Waals surface area contributed by atoms with Gasteiger partial charge in [0.2, 0.25) is 0 Å². The van der Waals surface area contributed by atoms with Gasteiger partial charge >= 0.3 is 0 Å². The molecule has 1 aliphatic heterocycles. The van der Waals surface area contributed by atoms with Gasteiger partial charge in [0.1, 0.15) is 0 Å². The van der Waals surface area contributed by atoms with Crippen LogP contribution in [0, 0.1) is 0 Å². The van der Waals surface area contributed by atoms with E-state index in [-0.39, 0.29) is 5.78 Å². The number of ketones is 1. The highest BCUT2D eigenvalue weighted by atomic mass is 79.9. The fraction of sp³-hybridized carbons (Fsp3) is 0.211. The minimum atomic E-state index is 0.00903. The van der Waals surface area contributed by atoms with Gasteiger partial charge in [-0.15, -0.1) is 0 Å². The van der Waals surface area contributed by atoms with Gasteiger partial charge in [0.25, 0.3) is 0 Å². The maximum Gasteiger partial charge on any atom is 0.185 e. The third-order valence-electron chi connectivity index (χ3n) is 3.83. The topological polar surface area (TPSA) is 29.5 Å². The molecule has 3 nitrogen and oxygen atoms in total. The molecule has 1 saturated heterocycles. The zero-order valence-corrected chi connectivity index (χ0v) is 14.3. The molecular weight excluding hydrogens is 354 g/mol. The Kier molecular flexibility index (Phi) is 5.26. The monoisotopic (exact) mass is 371 g/mol. The highest BCUT2D eigenvalue weighted by Gasteiger charge is 2.10. The van der Waals surface area contributed by atoms with E-state index in [0.717, 1.165) is 36.3 Å². The van der Waals surface area contributed by atoms with Crippen molar-refractivity contribution < 1.29 is 9.53 Å². The number of nitrogens with zero attached hydrogens (tertiary/aromatic N) is 1. The minimum Gasteiger partial charge on any atom is -0.378 e. The van der Waals surface area contributed by atoms with Crippen LogP contribution in [0.3, 0.4) is 0 Å². The van der Waals surface area contributed by atoms with Gasteiger partial charge in [0.15, 0.2) is 5.78 Å². The van der Waals surface area contributed by atoms with Crippen LogP contribution in [0.4, 0.5) is 5.69 Å². The summed E-state index contributed by atoms with van der Waals surface area (Å²) in [7, 11) is 0. The first kappa shape index (κ1) is 16.0. The van der Waals surface area contributed by atoms with E-state index in [2.05, 4.69) is 33.0 Å². The third-order valence-corrected chi connectivity index (χ3v) is 4.35. The molecule has 0 unspecified atom stereocenters. The average Bonchev–Trinajstić information content (AvgIpc) is 2.61. The van der Waals surface area contributed by atoms with Crippen LogP contribution in [0.2, 0.25) is 0 Å². The number of carbonyl (C=O) groups excluding carboxylic acids is 1. The van der Waals surface area contributed by atoms with E-state index < -0.39 is 0 Å². The Morgan fingerprint density at radius 1 is 1.00 bits per heavy atom. The summed E-state index contributed by atoms with van der Waals surface area (Å²) in [6.45, 7) is 3.42. The second-order valence-corrected chi connectivity index (χ2v) is 6.31. The summed E-state index contributed by atoms with van der Waals surface area (Å²) >= 11 is 3.37. The third kappa shape index (κ3) is 4.30. The standard InChI is InChI=1S/C19H18BrNO2/c20-17-6-4-16(5-7-17)19(22)10-3-15-1-8-18(9-2-15)21-11-13-23-14-12-21/h1-10H,11-14H2/b10-3+. The highest BCUT2D eigenvalue weighted by molar-refractivity contribution is 9.10. The fourth-order valence-corrected chi connectivity index (χ4v) is 2.76. The van der Waals surface area contributed by atoms with Gasteiger partial charge in [-0.3, -0.25) is 4.79 Å². The molecule has 3 rings (SSSR count). The van der Waals surface area contributed by atoms with E-state index in [1.165, 1.54) is 5.69 Å². The van der Waals surface area contributed by atoms with Gasteiger partial charge < -0.3 is 9.64 Å². The summed E-state index contributed by atoms with van der Waals surface area (Å²) in [6, 6.07) is 15.6. The summed E-state index contributed by atoms with van der Waals surface area (Å²) in [5.41, 5.74) is 2.91. The smallest absolute Gasteiger partial charge is 0.185 e. The molecule has 4 heteroatoms. The molecular formula is C19H18BrNO2. The molecule has 0 amide bonds. The molecule has 1 aliphatic rings. The number of allylic oxidation sites excluding steroid dienone is 1. The number of carbonyl (C=O) groups is 1. The van der Waals surface area contributed by atoms with Crippen LogP contribution >= 0.6 is 15.9 Å². The maximum absolute atomic E-state index is 12.1. The minimum absolute atomic E-state index is 0.00903. The molecule has 2 aromatic carbocycles. The molecule has 2 aromatic rings. The molecule has 1 fully saturated rings. The zero-order chi connectivity index (χ0) is 16.1. The highest BCUT2D eigenvalue weighted by Crippen LogP contribution is 2.18. The van der Waals surface area contributed by atoms with Crippen molar-refractivity contribution in [2.24, 2.45) is 0 Å². The fourth-order valence-electron chi connectivity index (χ4n) is 2.50. The molecule has 1 heterocycles. The first-order valence-corrected chi connectivity index (χ1v) is 8.42. The molecule has 118 valence electrons. The Morgan fingerprint density at radius 3 is 2.30 bits per heavy atom. The summed E-state index contributed by atoms with van der Waals surface area (Å²) in [5, 5.41) is 0. The molecule has 0 N–H and O–H groups in total. The SMILES string of the molecule is O=C(/C=C/c1ccc(N2CCOCC2)cc1)c1ccc(Br)cc1. The molecule has 0 radical (unpaired) electrons. The van der Waals surface area contributed by atoms with Crippen molar-refractivity contribution >= 4 is 33.5 Å². The Hall–Kier alpha value is -1.91.